The highest BCUT2D eigenvalue weighted by Gasteiger charge is 2.29. The molecule has 26 heavy (non-hydrogen) atoms. The number of hydrogen-bond acceptors (Lipinski definition) is 3. The van der Waals surface area contributed by atoms with Gasteiger partial charge in [0, 0.05) is 29.4 Å². The summed E-state index contributed by atoms with van der Waals surface area (Å²) in [5.74, 6) is 0.337. The maximum Gasteiger partial charge on any atom is 0.123 e. The van der Waals surface area contributed by atoms with Crippen molar-refractivity contribution in [2.45, 2.75) is 43.8 Å². The first-order valence-corrected chi connectivity index (χ1v) is 9.84. The Kier molecular flexibility index (Phi) is 5.38. The molecule has 2 aliphatic heterocycles. The molecule has 3 N–H and O–H groups in total. The number of hydrogen-bond donors (Lipinski definition) is 3. The highest BCUT2D eigenvalue weighted by Crippen LogP contribution is 2.38. The molecule has 2 saturated heterocycles. The van der Waals surface area contributed by atoms with E-state index in [1.54, 1.807) is 12.1 Å². The van der Waals surface area contributed by atoms with Crippen molar-refractivity contribution in [1.82, 2.24) is 20.5 Å². The quantitative estimate of drug-likeness (QED) is 0.788. The molecule has 2 atom stereocenters. The van der Waals surface area contributed by atoms with Crippen molar-refractivity contribution < 1.29 is 4.39 Å². The zero-order chi connectivity index (χ0) is 17.9. The van der Waals surface area contributed by atoms with Gasteiger partial charge in [-0.3, -0.25) is 0 Å². The first kappa shape index (κ1) is 17.7. The second-order valence-corrected chi connectivity index (χ2v) is 7.53. The maximum atomic E-state index is 13.4. The van der Waals surface area contributed by atoms with Crippen LogP contribution in [0.2, 0.25) is 0 Å². The van der Waals surface area contributed by atoms with Gasteiger partial charge < -0.3 is 20.5 Å². The lowest BCUT2D eigenvalue weighted by molar-refractivity contribution is 0.305. The molecule has 2 aromatic rings. The molecule has 4 nitrogen and oxygen atoms in total. The van der Waals surface area contributed by atoms with Crippen LogP contribution in [0.25, 0.3) is 11.1 Å². The molecule has 0 amide bonds. The highest BCUT2D eigenvalue weighted by molar-refractivity contribution is 5.67. The lowest BCUT2D eigenvalue weighted by Crippen LogP contribution is -2.46. The monoisotopic (exact) mass is 356 g/mol. The predicted molar refractivity (Wildman–Crippen MR) is 104 cm³/mol. The van der Waals surface area contributed by atoms with Crippen molar-refractivity contribution in [1.29, 1.82) is 0 Å². The second kappa shape index (κ2) is 7.91. The average molecular weight is 356 g/mol. The third-order valence-corrected chi connectivity index (χ3v) is 5.95. The fourth-order valence-electron chi connectivity index (χ4n) is 4.55. The van der Waals surface area contributed by atoms with Gasteiger partial charge in [-0.1, -0.05) is 12.1 Å². The summed E-state index contributed by atoms with van der Waals surface area (Å²) in [6.45, 7) is 3.19. The Labute approximate surface area is 155 Å². The number of halogens is 1. The lowest BCUT2D eigenvalue weighted by atomic mass is 9.88. The Morgan fingerprint density at radius 2 is 1.81 bits per heavy atom. The van der Waals surface area contributed by atoms with Gasteiger partial charge in [0.05, 0.1) is 6.17 Å². The van der Waals surface area contributed by atoms with E-state index in [2.05, 4.69) is 32.8 Å². The van der Waals surface area contributed by atoms with E-state index in [4.69, 9.17) is 0 Å². The van der Waals surface area contributed by atoms with Crippen molar-refractivity contribution in [3.63, 3.8) is 0 Å². The molecule has 2 fully saturated rings. The SMILES string of the molecule is CNC1CC(c2c(-c3ccc(F)cc3)ccn2C2CCNCC2)CCN1. The van der Waals surface area contributed by atoms with E-state index >= 15 is 0 Å². The number of nitrogens with zero attached hydrogens (tertiary/aromatic N) is 1. The van der Waals surface area contributed by atoms with Gasteiger partial charge in [-0.15, -0.1) is 0 Å². The van der Waals surface area contributed by atoms with Crippen LogP contribution in [-0.4, -0.2) is 37.4 Å². The van der Waals surface area contributed by atoms with Crippen molar-refractivity contribution in [2.24, 2.45) is 0 Å². The van der Waals surface area contributed by atoms with Crippen LogP contribution in [0.3, 0.4) is 0 Å². The number of benzene rings is 1. The summed E-state index contributed by atoms with van der Waals surface area (Å²) in [4.78, 5) is 0. The lowest BCUT2D eigenvalue weighted by Gasteiger charge is -2.34. The zero-order valence-electron chi connectivity index (χ0n) is 15.5. The van der Waals surface area contributed by atoms with E-state index in [0.717, 1.165) is 38.0 Å². The van der Waals surface area contributed by atoms with Gasteiger partial charge in [-0.2, -0.15) is 0 Å². The third kappa shape index (κ3) is 3.56. The van der Waals surface area contributed by atoms with Crippen LogP contribution < -0.4 is 16.0 Å². The molecule has 0 spiro atoms. The molecular weight excluding hydrogens is 327 g/mol. The van der Waals surface area contributed by atoms with Crippen LogP contribution in [0.1, 0.15) is 43.3 Å². The summed E-state index contributed by atoms with van der Waals surface area (Å²) in [7, 11) is 2.02. The molecule has 0 radical (unpaired) electrons. The number of nitrogens with one attached hydrogen (secondary N) is 3. The molecule has 140 valence electrons. The van der Waals surface area contributed by atoms with Crippen LogP contribution in [0.5, 0.6) is 0 Å². The minimum atomic E-state index is -0.176. The summed E-state index contributed by atoms with van der Waals surface area (Å²) in [5, 5.41) is 10.4. The van der Waals surface area contributed by atoms with E-state index in [1.807, 2.05) is 19.2 Å². The Hall–Kier alpha value is -1.69. The highest BCUT2D eigenvalue weighted by atomic mass is 19.1. The molecule has 1 aromatic heterocycles. The molecule has 0 aliphatic carbocycles. The van der Waals surface area contributed by atoms with Gasteiger partial charge in [-0.25, -0.2) is 4.39 Å². The summed E-state index contributed by atoms with van der Waals surface area (Å²) in [6, 6.07) is 9.76. The summed E-state index contributed by atoms with van der Waals surface area (Å²) < 4.78 is 16.0. The van der Waals surface area contributed by atoms with Crippen molar-refractivity contribution in [3.8, 4) is 11.1 Å². The van der Waals surface area contributed by atoms with Crippen LogP contribution in [0.4, 0.5) is 4.39 Å². The smallest absolute Gasteiger partial charge is 0.123 e. The molecular formula is C21H29FN4. The largest absolute Gasteiger partial charge is 0.347 e. The predicted octanol–water partition coefficient (Wildman–Crippen LogP) is 3.23. The molecule has 2 aliphatic rings. The minimum Gasteiger partial charge on any atom is -0.347 e. The molecule has 3 heterocycles. The summed E-state index contributed by atoms with van der Waals surface area (Å²) in [6.07, 6.45) is 7.18. The average Bonchev–Trinajstić information content (AvgIpc) is 3.14. The molecule has 0 bridgehead atoms. The first-order chi connectivity index (χ1) is 12.8. The van der Waals surface area contributed by atoms with E-state index in [9.17, 15) is 4.39 Å². The molecule has 1 aromatic carbocycles. The standard InChI is InChI=1S/C21H29FN4/c1-23-20-14-16(6-12-25-20)21-19(15-2-4-17(22)5-3-15)9-13-26(21)18-7-10-24-11-8-18/h2-5,9,13,16,18,20,23-25H,6-8,10-12,14H2,1H3. The topological polar surface area (TPSA) is 41.0 Å². The van der Waals surface area contributed by atoms with Crippen molar-refractivity contribution in [2.75, 3.05) is 26.7 Å². The fourth-order valence-corrected chi connectivity index (χ4v) is 4.55. The number of rotatable bonds is 4. The van der Waals surface area contributed by atoms with E-state index in [-0.39, 0.29) is 5.82 Å². The normalized spacial score (nSPS) is 24.7. The molecule has 5 heteroatoms. The molecule has 2 unspecified atom stereocenters. The number of aromatic nitrogens is 1. The minimum absolute atomic E-state index is 0.176. The molecule has 0 saturated carbocycles. The van der Waals surface area contributed by atoms with Gasteiger partial charge in [0.1, 0.15) is 5.82 Å². The van der Waals surface area contributed by atoms with E-state index in [0.29, 0.717) is 18.1 Å². The van der Waals surface area contributed by atoms with Gasteiger partial charge in [-0.05, 0) is 76.1 Å². The summed E-state index contributed by atoms with van der Waals surface area (Å²) >= 11 is 0. The van der Waals surface area contributed by atoms with Crippen LogP contribution in [0, 0.1) is 5.82 Å². The second-order valence-electron chi connectivity index (χ2n) is 7.53. The van der Waals surface area contributed by atoms with Crippen LogP contribution in [0.15, 0.2) is 36.5 Å². The first-order valence-electron chi connectivity index (χ1n) is 9.84. The van der Waals surface area contributed by atoms with E-state index < -0.39 is 0 Å². The van der Waals surface area contributed by atoms with Gasteiger partial charge in [0.2, 0.25) is 0 Å². The Bertz CT molecular complexity index is 718. The fraction of sp³-hybridized carbons (Fsp3) is 0.524. The maximum absolute atomic E-state index is 13.4. The molecule has 4 rings (SSSR count). The van der Waals surface area contributed by atoms with Crippen molar-refractivity contribution in [3.05, 3.63) is 48.0 Å². The van der Waals surface area contributed by atoms with Crippen LogP contribution >= 0.6 is 0 Å². The van der Waals surface area contributed by atoms with Gasteiger partial charge in [0.25, 0.3) is 0 Å². The Balaban J connectivity index is 1.73. The van der Waals surface area contributed by atoms with Gasteiger partial charge >= 0.3 is 0 Å². The Morgan fingerprint density at radius 1 is 1.04 bits per heavy atom. The van der Waals surface area contributed by atoms with Gasteiger partial charge in [0.15, 0.2) is 0 Å². The zero-order valence-corrected chi connectivity index (χ0v) is 15.5. The van der Waals surface area contributed by atoms with E-state index in [1.165, 1.54) is 24.1 Å². The van der Waals surface area contributed by atoms with Crippen molar-refractivity contribution >= 4 is 0 Å². The summed E-state index contributed by atoms with van der Waals surface area (Å²) in [5.41, 5.74) is 3.82. The Morgan fingerprint density at radius 3 is 2.54 bits per heavy atom. The third-order valence-electron chi connectivity index (χ3n) is 5.95. The van der Waals surface area contributed by atoms with Crippen LogP contribution in [-0.2, 0) is 0 Å². The number of piperidine rings is 2.